The predicted octanol–water partition coefficient (Wildman–Crippen LogP) is 5.30. The van der Waals surface area contributed by atoms with Gasteiger partial charge in [0.2, 0.25) is 0 Å². The van der Waals surface area contributed by atoms with Crippen LogP contribution in [0.1, 0.15) is 33.2 Å². The smallest absolute Gasteiger partial charge is 0.342 e. The zero-order chi connectivity index (χ0) is 23.9. The van der Waals surface area contributed by atoms with Crippen LogP contribution in [0.3, 0.4) is 0 Å². The van der Waals surface area contributed by atoms with Gasteiger partial charge in [-0.3, -0.25) is 0 Å². The minimum Gasteiger partial charge on any atom is -0.478 e. The van der Waals surface area contributed by atoms with Gasteiger partial charge in [-0.05, 0) is 30.2 Å². The van der Waals surface area contributed by atoms with Crippen molar-refractivity contribution in [2.75, 3.05) is 11.9 Å². The molecule has 0 aliphatic carbocycles. The van der Waals surface area contributed by atoms with Crippen molar-refractivity contribution >= 4 is 17.8 Å². The first-order chi connectivity index (χ1) is 16.6. The van der Waals surface area contributed by atoms with Crippen molar-refractivity contribution in [3.63, 3.8) is 0 Å². The van der Waals surface area contributed by atoms with E-state index in [1.165, 1.54) is 6.07 Å². The first-order valence-electron chi connectivity index (χ1n) is 10.8. The van der Waals surface area contributed by atoms with Gasteiger partial charge in [0.25, 0.3) is 0 Å². The van der Waals surface area contributed by atoms with Crippen LogP contribution in [0.4, 0.5) is 5.82 Å². The van der Waals surface area contributed by atoms with Crippen molar-refractivity contribution < 1.29 is 19.4 Å². The lowest BCUT2D eigenvalue weighted by atomic mass is 9.95. The maximum absolute atomic E-state index is 13.2. The first-order valence-corrected chi connectivity index (χ1v) is 10.8. The van der Waals surface area contributed by atoms with Gasteiger partial charge in [-0.2, -0.15) is 0 Å². The third-order valence-electron chi connectivity index (χ3n) is 5.20. The molecular formula is C27H23N3O4. The lowest BCUT2D eigenvalue weighted by molar-refractivity contribution is 0.0527. The number of benzene rings is 3. The van der Waals surface area contributed by atoms with Gasteiger partial charge in [0.1, 0.15) is 11.3 Å². The number of carbonyl (C=O) groups is 2. The summed E-state index contributed by atoms with van der Waals surface area (Å²) in [5.74, 6) is -1.26. The summed E-state index contributed by atoms with van der Waals surface area (Å²) in [5.41, 5.74) is 3.98. The van der Waals surface area contributed by atoms with E-state index in [-0.39, 0.29) is 30.1 Å². The van der Waals surface area contributed by atoms with Gasteiger partial charge in [-0.1, -0.05) is 72.8 Å². The second-order valence-electron chi connectivity index (χ2n) is 7.46. The van der Waals surface area contributed by atoms with Crippen molar-refractivity contribution in [1.82, 2.24) is 10.2 Å². The highest BCUT2D eigenvalue weighted by Gasteiger charge is 2.25. The molecule has 170 valence electrons. The molecular weight excluding hydrogens is 430 g/mol. The Hall–Kier alpha value is -4.52. The number of nitrogens with one attached hydrogen (secondary N) is 1. The van der Waals surface area contributed by atoms with E-state index in [0.717, 1.165) is 16.7 Å². The number of carboxylic acids is 1. The molecule has 0 atom stereocenters. The zero-order valence-corrected chi connectivity index (χ0v) is 18.6. The van der Waals surface area contributed by atoms with Gasteiger partial charge in [0, 0.05) is 17.7 Å². The molecule has 0 radical (unpaired) electrons. The lowest BCUT2D eigenvalue weighted by Gasteiger charge is -2.17. The number of carboxylic acid groups (broad SMARTS) is 1. The van der Waals surface area contributed by atoms with Crippen molar-refractivity contribution in [2.45, 2.75) is 13.5 Å². The van der Waals surface area contributed by atoms with Gasteiger partial charge < -0.3 is 15.2 Å². The van der Waals surface area contributed by atoms with E-state index >= 15 is 0 Å². The average Bonchev–Trinajstić information content (AvgIpc) is 2.88. The molecule has 0 unspecified atom stereocenters. The van der Waals surface area contributed by atoms with Gasteiger partial charge in [-0.25, -0.2) is 9.59 Å². The number of aromatic nitrogens is 2. The Morgan fingerprint density at radius 1 is 0.882 bits per heavy atom. The Labute approximate surface area is 197 Å². The summed E-state index contributed by atoms with van der Waals surface area (Å²) in [6.07, 6.45) is 0. The molecule has 34 heavy (non-hydrogen) atoms. The number of ether oxygens (including phenoxy) is 1. The third-order valence-corrected chi connectivity index (χ3v) is 5.20. The molecule has 0 saturated carbocycles. The van der Waals surface area contributed by atoms with E-state index in [4.69, 9.17) is 4.74 Å². The van der Waals surface area contributed by atoms with E-state index in [9.17, 15) is 14.7 Å². The van der Waals surface area contributed by atoms with E-state index < -0.39 is 11.9 Å². The zero-order valence-electron chi connectivity index (χ0n) is 18.6. The molecule has 7 heteroatoms. The number of hydrogen-bond acceptors (Lipinski definition) is 6. The Morgan fingerprint density at radius 2 is 1.56 bits per heavy atom. The quantitative estimate of drug-likeness (QED) is 0.349. The molecule has 0 aliphatic rings. The number of anilines is 1. The minimum atomic E-state index is -1.01. The summed E-state index contributed by atoms with van der Waals surface area (Å²) in [4.78, 5) is 24.5. The molecule has 7 nitrogen and oxygen atoms in total. The maximum atomic E-state index is 13.2. The largest absolute Gasteiger partial charge is 0.478 e. The third kappa shape index (κ3) is 4.94. The van der Waals surface area contributed by atoms with Crippen molar-refractivity contribution in [2.24, 2.45) is 0 Å². The van der Waals surface area contributed by atoms with Gasteiger partial charge in [-0.15, -0.1) is 10.2 Å². The molecule has 0 bridgehead atoms. The van der Waals surface area contributed by atoms with Crippen LogP contribution in [0.15, 0.2) is 84.9 Å². The Kier molecular flexibility index (Phi) is 6.93. The summed E-state index contributed by atoms with van der Waals surface area (Å²) in [5, 5.41) is 21.2. The standard InChI is InChI=1S/C27H23N3O4/c1-2-34-27(33)23-22(19-11-5-3-6-12-19)24(20-13-7-4-8-14-20)29-30-25(23)28-17-18-10-9-15-21(16-18)26(31)32/h3-16H,2,17H2,1H3,(H,28,30)(H,31,32). The number of hydrogen-bond donors (Lipinski definition) is 2. The van der Waals surface area contributed by atoms with Crippen molar-refractivity contribution in [3.8, 4) is 22.4 Å². The number of nitrogens with zero attached hydrogens (tertiary/aromatic N) is 2. The highest BCUT2D eigenvalue weighted by Crippen LogP contribution is 2.36. The molecule has 3 aromatic carbocycles. The van der Waals surface area contributed by atoms with Crippen molar-refractivity contribution in [1.29, 1.82) is 0 Å². The SMILES string of the molecule is CCOC(=O)c1c(NCc2cccc(C(=O)O)c2)nnc(-c2ccccc2)c1-c1ccccc1. The van der Waals surface area contributed by atoms with Crippen LogP contribution in [0, 0.1) is 0 Å². The molecule has 0 fully saturated rings. The topological polar surface area (TPSA) is 101 Å². The van der Waals surface area contributed by atoms with Crippen LogP contribution in [-0.4, -0.2) is 33.8 Å². The van der Waals surface area contributed by atoms with Crippen molar-refractivity contribution in [3.05, 3.63) is 102 Å². The summed E-state index contributed by atoms with van der Waals surface area (Å²) in [6.45, 7) is 2.20. The molecule has 2 N–H and O–H groups in total. The highest BCUT2D eigenvalue weighted by atomic mass is 16.5. The fourth-order valence-electron chi connectivity index (χ4n) is 3.65. The highest BCUT2D eigenvalue weighted by molar-refractivity contribution is 6.05. The molecule has 1 aromatic heterocycles. The summed E-state index contributed by atoms with van der Waals surface area (Å²) in [7, 11) is 0. The minimum absolute atomic E-state index is 0.181. The number of rotatable bonds is 8. The number of aromatic carboxylic acids is 1. The molecule has 0 aliphatic heterocycles. The van der Waals surface area contributed by atoms with E-state index in [2.05, 4.69) is 15.5 Å². The number of carbonyl (C=O) groups excluding carboxylic acids is 1. The van der Waals surface area contributed by atoms with Crippen LogP contribution in [-0.2, 0) is 11.3 Å². The van der Waals surface area contributed by atoms with Crippen LogP contribution in [0.2, 0.25) is 0 Å². The molecule has 0 amide bonds. The second-order valence-corrected chi connectivity index (χ2v) is 7.46. The maximum Gasteiger partial charge on any atom is 0.342 e. The molecule has 4 rings (SSSR count). The Bertz CT molecular complexity index is 1310. The second kappa shape index (κ2) is 10.4. The Morgan fingerprint density at radius 3 is 2.21 bits per heavy atom. The fourth-order valence-corrected chi connectivity index (χ4v) is 3.65. The number of esters is 1. The summed E-state index contributed by atoms with van der Waals surface area (Å²) < 4.78 is 5.40. The monoisotopic (exact) mass is 453 g/mol. The predicted molar refractivity (Wildman–Crippen MR) is 130 cm³/mol. The fraction of sp³-hybridized carbons (Fsp3) is 0.111. The molecule has 0 spiro atoms. The van der Waals surface area contributed by atoms with Gasteiger partial charge in [0.15, 0.2) is 5.82 Å². The van der Waals surface area contributed by atoms with Gasteiger partial charge >= 0.3 is 11.9 Å². The average molecular weight is 453 g/mol. The van der Waals surface area contributed by atoms with Crippen LogP contribution in [0.5, 0.6) is 0 Å². The Balaban J connectivity index is 1.84. The molecule has 1 heterocycles. The summed E-state index contributed by atoms with van der Waals surface area (Å²) >= 11 is 0. The van der Waals surface area contributed by atoms with Gasteiger partial charge in [0.05, 0.1) is 12.2 Å². The molecule has 0 saturated heterocycles. The summed E-state index contributed by atoms with van der Waals surface area (Å²) in [6, 6.07) is 25.6. The van der Waals surface area contributed by atoms with Crippen LogP contribution in [0.25, 0.3) is 22.4 Å². The lowest BCUT2D eigenvalue weighted by Crippen LogP contribution is -2.15. The van der Waals surface area contributed by atoms with Crippen LogP contribution >= 0.6 is 0 Å². The normalized spacial score (nSPS) is 10.5. The van der Waals surface area contributed by atoms with E-state index in [1.54, 1.807) is 25.1 Å². The first kappa shape index (κ1) is 22.7. The van der Waals surface area contributed by atoms with Crippen LogP contribution < -0.4 is 5.32 Å². The molecule has 4 aromatic rings. The van der Waals surface area contributed by atoms with E-state index in [0.29, 0.717) is 11.3 Å². The van der Waals surface area contributed by atoms with E-state index in [1.807, 2.05) is 60.7 Å².